The Bertz CT molecular complexity index is 982. The molecule has 2 amide bonds. The fourth-order valence-corrected chi connectivity index (χ4v) is 3.60. The number of nitrogens with zero attached hydrogens (tertiary/aromatic N) is 2. The number of thiazole rings is 1. The number of likely N-dealkylation sites (N-methyl/N-ethyl adjacent to an activating group) is 1. The second kappa shape index (κ2) is 8.80. The molecule has 5 nitrogen and oxygen atoms in total. The predicted molar refractivity (Wildman–Crippen MR) is 113 cm³/mol. The smallest absolute Gasteiger partial charge is 0.243 e. The zero-order valence-electron chi connectivity index (χ0n) is 16.2. The van der Waals surface area contributed by atoms with E-state index >= 15 is 0 Å². The van der Waals surface area contributed by atoms with Gasteiger partial charge in [-0.05, 0) is 31.0 Å². The number of rotatable bonds is 6. The van der Waals surface area contributed by atoms with E-state index in [9.17, 15) is 9.59 Å². The van der Waals surface area contributed by atoms with Gasteiger partial charge in [0, 0.05) is 23.7 Å². The summed E-state index contributed by atoms with van der Waals surface area (Å²) in [4.78, 5) is 30.8. The Morgan fingerprint density at radius 1 is 1.07 bits per heavy atom. The SMILES string of the molecule is Cc1cccc(NC(=O)CN(C)C(=O)Cc2csc(-c3ccccc3)n2)c1C. The molecule has 0 saturated carbocycles. The van der Waals surface area contributed by atoms with Gasteiger partial charge in [-0.25, -0.2) is 4.98 Å². The minimum Gasteiger partial charge on any atom is -0.336 e. The highest BCUT2D eigenvalue weighted by molar-refractivity contribution is 7.13. The molecule has 1 aromatic heterocycles. The number of hydrogen-bond acceptors (Lipinski definition) is 4. The molecular formula is C22H23N3O2S. The van der Waals surface area contributed by atoms with Crippen molar-refractivity contribution in [3.05, 3.63) is 70.7 Å². The number of benzene rings is 2. The van der Waals surface area contributed by atoms with Crippen molar-refractivity contribution in [1.82, 2.24) is 9.88 Å². The molecule has 0 saturated heterocycles. The van der Waals surface area contributed by atoms with E-state index in [0.717, 1.165) is 33.1 Å². The lowest BCUT2D eigenvalue weighted by Gasteiger charge is -2.17. The maximum atomic E-state index is 12.5. The summed E-state index contributed by atoms with van der Waals surface area (Å²) in [6, 6.07) is 15.6. The van der Waals surface area contributed by atoms with E-state index in [-0.39, 0.29) is 24.8 Å². The normalized spacial score (nSPS) is 10.5. The molecule has 2 aromatic carbocycles. The largest absolute Gasteiger partial charge is 0.336 e. The summed E-state index contributed by atoms with van der Waals surface area (Å²) in [7, 11) is 1.63. The maximum absolute atomic E-state index is 12.5. The Morgan fingerprint density at radius 2 is 1.82 bits per heavy atom. The Hall–Kier alpha value is -2.99. The highest BCUT2D eigenvalue weighted by Gasteiger charge is 2.16. The molecule has 6 heteroatoms. The topological polar surface area (TPSA) is 62.3 Å². The first-order valence-corrected chi connectivity index (χ1v) is 9.92. The highest BCUT2D eigenvalue weighted by Crippen LogP contribution is 2.23. The van der Waals surface area contributed by atoms with Crippen LogP contribution in [0.25, 0.3) is 10.6 Å². The van der Waals surface area contributed by atoms with E-state index in [2.05, 4.69) is 10.3 Å². The van der Waals surface area contributed by atoms with Crippen molar-refractivity contribution in [3.8, 4) is 10.6 Å². The highest BCUT2D eigenvalue weighted by atomic mass is 32.1. The molecule has 0 aliphatic heterocycles. The molecular weight excluding hydrogens is 370 g/mol. The van der Waals surface area contributed by atoms with Gasteiger partial charge >= 0.3 is 0 Å². The van der Waals surface area contributed by atoms with E-state index in [0.29, 0.717) is 0 Å². The van der Waals surface area contributed by atoms with Gasteiger partial charge in [0.15, 0.2) is 0 Å². The van der Waals surface area contributed by atoms with E-state index in [1.54, 1.807) is 7.05 Å². The van der Waals surface area contributed by atoms with Gasteiger partial charge in [-0.2, -0.15) is 0 Å². The fraction of sp³-hybridized carbons (Fsp3) is 0.227. The van der Waals surface area contributed by atoms with Crippen LogP contribution in [-0.4, -0.2) is 35.3 Å². The van der Waals surface area contributed by atoms with Crippen LogP contribution in [0.15, 0.2) is 53.9 Å². The summed E-state index contributed by atoms with van der Waals surface area (Å²) in [5.74, 6) is -0.353. The zero-order valence-corrected chi connectivity index (χ0v) is 17.0. The van der Waals surface area contributed by atoms with Gasteiger partial charge in [-0.15, -0.1) is 11.3 Å². The van der Waals surface area contributed by atoms with Crippen LogP contribution in [0.2, 0.25) is 0 Å². The summed E-state index contributed by atoms with van der Waals surface area (Å²) in [5, 5.41) is 5.66. The molecule has 3 rings (SSSR count). The monoisotopic (exact) mass is 393 g/mol. The van der Waals surface area contributed by atoms with Crippen molar-refractivity contribution in [3.63, 3.8) is 0 Å². The number of carbonyl (C=O) groups excluding carboxylic acids is 2. The Morgan fingerprint density at radius 3 is 2.57 bits per heavy atom. The second-order valence-electron chi connectivity index (χ2n) is 6.73. The lowest BCUT2D eigenvalue weighted by Crippen LogP contribution is -2.36. The van der Waals surface area contributed by atoms with Crippen LogP contribution < -0.4 is 5.32 Å². The van der Waals surface area contributed by atoms with Crippen LogP contribution in [0.5, 0.6) is 0 Å². The molecule has 0 fully saturated rings. The first-order valence-electron chi connectivity index (χ1n) is 9.04. The van der Waals surface area contributed by atoms with Gasteiger partial charge in [-0.3, -0.25) is 9.59 Å². The summed E-state index contributed by atoms with van der Waals surface area (Å²) in [6.07, 6.45) is 0.177. The number of hydrogen-bond donors (Lipinski definition) is 1. The number of aryl methyl sites for hydroxylation is 1. The molecule has 0 unspecified atom stereocenters. The Labute approximate surface area is 169 Å². The van der Waals surface area contributed by atoms with Gasteiger partial charge in [0.1, 0.15) is 5.01 Å². The second-order valence-corrected chi connectivity index (χ2v) is 7.59. The number of amides is 2. The molecule has 3 aromatic rings. The van der Waals surface area contributed by atoms with Crippen LogP contribution in [0.4, 0.5) is 5.69 Å². The molecule has 144 valence electrons. The number of nitrogens with one attached hydrogen (secondary N) is 1. The van der Waals surface area contributed by atoms with Gasteiger partial charge in [0.2, 0.25) is 11.8 Å². The molecule has 1 N–H and O–H groups in total. The molecule has 0 atom stereocenters. The van der Waals surface area contributed by atoms with Gasteiger partial charge in [-0.1, -0.05) is 42.5 Å². The Balaban J connectivity index is 1.57. The van der Waals surface area contributed by atoms with Crippen molar-refractivity contribution >= 4 is 28.8 Å². The first kappa shape index (κ1) is 19.8. The van der Waals surface area contributed by atoms with Crippen molar-refractivity contribution < 1.29 is 9.59 Å². The van der Waals surface area contributed by atoms with Gasteiger partial charge in [0.25, 0.3) is 0 Å². The van der Waals surface area contributed by atoms with E-state index in [1.165, 1.54) is 16.2 Å². The molecule has 28 heavy (non-hydrogen) atoms. The van der Waals surface area contributed by atoms with Crippen molar-refractivity contribution in [2.24, 2.45) is 0 Å². The van der Waals surface area contributed by atoms with Gasteiger partial charge < -0.3 is 10.2 Å². The first-order chi connectivity index (χ1) is 13.4. The zero-order chi connectivity index (χ0) is 20.1. The standard InChI is InChI=1S/C22H23N3O2S/c1-15-8-7-11-19(16(15)2)24-20(26)13-25(3)21(27)12-18-14-28-22(23-18)17-9-5-4-6-10-17/h4-11,14H,12-13H2,1-3H3,(H,24,26). The third kappa shape index (κ3) is 4.84. The van der Waals surface area contributed by atoms with Crippen LogP contribution in [-0.2, 0) is 16.0 Å². The summed E-state index contributed by atoms with van der Waals surface area (Å²) >= 11 is 1.51. The molecule has 0 spiro atoms. The quantitative estimate of drug-likeness (QED) is 0.687. The fourth-order valence-electron chi connectivity index (χ4n) is 2.77. The van der Waals surface area contributed by atoms with Crippen molar-refractivity contribution in [2.45, 2.75) is 20.3 Å². The molecule has 0 bridgehead atoms. The molecule has 0 aliphatic carbocycles. The molecule has 1 heterocycles. The maximum Gasteiger partial charge on any atom is 0.243 e. The third-order valence-corrected chi connectivity index (χ3v) is 5.53. The van der Waals surface area contributed by atoms with Crippen LogP contribution in [0, 0.1) is 13.8 Å². The van der Waals surface area contributed by atoms with E-state index in [1.807, 2.05) is 67.8 Å². The van der Waals surface area contributed by atoms with Crippen LogP contribution in [0.3, 0.4) is 0 Å². The van der Waals surface area contributed by atoms with E-state index in [4.69, 9.17) is 0 Å². The van der Waals surface area contributed by atoms with E-state index < -0.39 is 0 Å². The minimum atomic E-state index is -0.215. The molecule has 0 aliphatic rings. The van der Waals surface area contributed by atoms with Crippen molar-refractivity contribution in [1.29, 1.82) is 0 Å². The summed E-state index contributed by atoms with van der Waals surface area (Å²) in [6.45, 7) is 3.96. The minimum absolute atomic E-state index is 0.00188. The molecule has 0 radical (unpaired) electrons. The predicted octanol–water partition coefficient (Wildman–Crippen LogP) is 4.07. The average Bonchev–Trinajstić information content (AvgIpc) is 3.14. The van der Waals surface area contributed by atoms with Crippen molar-refractivity contribution in [2.75, 3.05) is 18.9 Å². The number of aromatic nitrogens is 1. The lowest BCUT2D eigenvalue weighted by atomic mass is 10.1. The van der Waals surface area contributed by atoms with Gasteiger partial charge in [0.05, 0.1) is 18.7 Å². The Kier molecular flexibility index (Phi) is 6.21. The average molecular weight is 394 g/mol. The number of carbonyl (C=O) groups is 2. The summed E-state index contributed by atoms with van der Waals surface area (Å²) in [5.41, 5.74) is 4.67. The number of anilines is 1. The lowest BCUT2D eigenvalue weighted by molar-refractivity contribution is -0.132. The van der Waals surface area contributed by atoms with Crippen LogP contribution in [0.1, 0.15) is 16.8 Å². The summed E-state index contributed by atoms with van der Waals surface area (Å²) < 4.78 is 0. The van der Waals surface area contributed by atoms with Crippen LogP contribution >= 0.6 is 11.3 Å². The third-order valence-electron chi connectivity index (χ3n) is 4.59.